The van der Waals surface area contributed by atoms with Crippen molar-refractivity contribution in [2.24, 2.45) is 11.8 Å². The third-order valence-corrected chi connectivity index (χ3v) is 5.41. The van der Waals surface area contributed by atoms with Gasteiger partial charge in [-0.25, -0.2) is 4.79 Å². The zero-order valence-corrected chi connectivity index (χ0v) is 18.9. The number of aromatic nitrogens is 2. The lowest BCUT2D eigenvalue weighted by atomic mass is 10.0. The number of carbonyl (C=O) groups is 1. The first-order valence-electron chi connectivity index (χ1n) is 10.9. The number of nitrogen functional groups attached to an aromatic ring is 1. The molecule has 0 spiro atoms. The summed E-state index contributed by atoms with van der Waals surface area (Å²) < 4.78 is 1.35. The second kappa shape index (κ2) is 9.41. The Morgan fingerprint density at radius 2 is 1.87 bits per heavy atom. The van der Waals surface area contributed by atoms with Gasteiger partial charge in [-0.3, -0.25) is 19.1 Å². The van der Waals surface area contributed by atoms with Crippen LogP contribution in [0.15, 0.2) is 33.9 Å². The minimum absolute atomic E-state index is 0.0375. The van der Waals surface area contributed by atoms with Gasteiger partial charge in [-0.2, -0.15) is 0 Å². The number of amides is 1. The topological polar surface area (TPSA) is 104 Å². The summed E-state index contributed by atoms with van der Waals surface area (Å²) in [6.07, 6.45) is 1.96. The van der Waals surface area contributed by atoms with E-state index in [1.165, 1.54) is 15.0 Å². The van der Waals surface area contributed by atoms with E-state index in [2.05, 4.69) is 16.0 Å². The van der Waals surface area contributed by atoms with E-state index in [1.807, 2.05) is 45.9 Å². The van der Waals surface area contributed by atoms with Crippen LogP contribution in [0.1, 0.15) is 39.7 Å². The van der Waals surface area contributed by atoms with Crippen molar-refractivity contribution in [2.75, 3.05) is 35.2 Å². The predicted molar refractivity (Wildman–Crippen MR) is 125 cm³/mol. The second-order valence-corrected chi connectivity index (χ2v) is 9.05. The summed E-state index contributed by atoms with van der Waals surface area (Å²) in [6.45, 7) is 9.49. The molecule has 0 fully saturated rings. The highest BCUT2D eigenvalue weighted by Gasteiger charge is 2.28. The maximum atomic E-state index is 13.5. The molecule has 0 aliphatic carbocycles. The average molecular weight is 428 g/mol. The third kappa shape index (κ3) is 5.00. The molecule has 8 nitrogen and oxygen atoms in total. The molecule has 0 saturated carbocycles. The highest BCUT2D eigenvalue weighted by molar-refractivity contribution is 5.98. The number of hydrogen-bond donors (Lipinski definition) is 2. The maximum absolute atomic E-state index is 13.5. The first-order chi connectivity index (χ1) is 14.7. The second-order valence-electron chi connectivity index (χ2n) is 9.05. The van der Waals surface area contributed by atoms with E-state index in [9.17, 15) is 14.4 Å². The fourth-order valence-corrected chi connectivity index (χ4v) is 4.09. The van der Waals surface area contributed by atoms with Gasteiger partial charge in [0.15, 0.2) is 5.69 Å². The molecule has 8 heteroatoms. The normalized spacial score (nSPS) is 13.5. The summed E-state index contributed by atoms with van der Waals surface area (Å²) in [5, 5.41) is 0. The molecule has 31 heavy (non-hydrogen) atoms. The number of H-pyrrole nitrogens is 1. The number of para-hydroxylation sites is 1. The maximum Gasteiger partial charge on any atom is 0.330 e. The Morgan fingerprint density at radius 3 is 2.55 bits per heavy atom. The average Bonchev–Trinajstić information content (AvgIpc) is 2.70. The predicted octanol–water partition coefficient (Wildman–Crippen LogP) is 2.22. The fourth-order valence-electron chi connectivity index (χ4n) is 4.09. The van der Waals surface area contributed by atoms with Gasteiger partial charge in [-0.15, -0.1) is 0 Å². The molecule has 0 unspecified atom stereocenters. The van der Waals surface area contributed by atoms with Gasteiger partial charge < -0.3 is 15.5 Å². The van der Waals surface area contributed by atoms with Crippen LogP contribution in [-0.4, -0.2) is 35.1 Å². The molecule has 0 bridgehead atoms. The highest BCUT2D eigenvalue weighted by atomic mass is 16.2. The summed E-state index contributed by atoms with van der Waals surface area (Å²) in [7, 11) is 0. The lowest BCUT2D eigenvalue weighted by Gasteiger charge is -2.33. The Bertz CT molecular complexity index is 1050. The van der Waals surface area contributed by atoms with Gasteiger partial charge in [0.05, 0.1) is 6.54 Å². The van der Waals surface area contributed by atoms with Gasteiger partial charge in [-0.05, 0) is 36.3 Å². The molecule has 1 aliphatic rings. The van der Waals surface area contributed by atoms with E-state index < -0.39 is 11.2 Å². The SMILES string of the molecule is CC(C)CN(C(=O)CN1CCCc2ccccc21)c1c(N)n(CC(C)C)c(=O)[nH]c1=O. The highest BCUT2D eigenvalue weighted by Crippen LogP contribution is 2.27. The monoisotopic (exact) mass is 427 g/mol. The Morgan fingerprint density at radius 1 is 1.16 bits per heavy atom. The quantitative estimate of drug-likeness (QED) is 0.705. The van der Waals surface area contributed by atoms with Gasteiger partial charge in [0.25, 0.3) is 5.56 Å². The molecule has 0 atom stereocenters. The van der Waals surface area contributed by atoms with Crippen molar-refractivity contribution in [1.82, 2.24) is 9.55 Å². The van der Waals surface area contributed by atoms with Gasteiger partial charge >= 0.3 is 5.69 Å². The van der Waals surface area contributed by atoms with E-state index in [0.717, 1.165) is 25.1 Å². The van der Waals surface area contributed by atoms with Crippen LogP contribution in [-0.2, 0) is 17.8 Å². The number of nitrogens with two attached hydrogens (primary N) is 1. The fraction of sp³-hybridized carbons (Fsp3) is 0.522. The lowest BCUT2D eigenvalue weighted by molar-refractivity contribution is -0.117. The molecule has 168 valence electrons. The minimum atomic E-state index is -0.629. The number of aromatic amines is 1. The van der Waals surface area contributed by atoms with Crippen LogP contribution in [0.4, 0.5) is 17.2 Å². The summed E-state index contributed by atoms with van der Waals surface area (Å²) in [5.41, 5.74) is 7.45. The number of anilines is 3. The van der Waals surface area contributed by atoms with Crippen molar-refractivity contribution in [1.29, 1.82) is 0 Å². The first kappa shape index (κ1) is 22.7. The summed E-state index contributed by atoms with van der Waals surface area (Å²) in [5.74, 6) is 0.0903. The Hall–Kier alpha value is -3.03. The zero-order chi connectivity index (χ0) is 22.7. The summed E-state index contributed by atoms with van der Waals surface area (Å²) in [4.78, 5) is 44.4. The largest absolute Gasteiger partial charge is 0.383 e. The van der Waals surface area contributed by atoms with Crippen molar-refractivity contribution >= 4 is 23.1 Å². The van der Waals surface area contributed by atoms with E-state index in [-0.39, 0.29) is 35.8 Å². The lowest BCUT2D eigenvalue weighted by Crippen LogP contribution is -2.47. The standard InChI is InChI=1S/C23H33N5O3/c1-15(2)12-27(20-21(24)28(13-16(3)4)23(31)25-22(20)30)19(29)14-26-11-7-9-17-8-5-6-10-18(17)26/h5-6,8,10,15-16H,7,9,11-14,24H2,1-4H3,(H,25,30,31). The van der Waals surface area contributed by atoms with Crippen LogP contribution < -0.4 is 26.8 Å². The number of benzene rings is 1. The minimum Gasteiger partial charge on any atom is -0.383 e. The molecule has 0 saturated heterocycles. The van der Waals surface area contributed by atoms with E-state index in [0.29, 0.717) is 13.1 Å². The van der Waals surface area contributed by atoms with Crippen molar-refractivity contribution in [3.05, 3.63) is 50.7 Å². The third-order valence-electron chi connectivity index (χ3n) is 5.41. The molecule has 2 aromatic rings. The molecule has 0 radical (unpaired) electrons. The van der Waals surface area contributed by atoms with Crippen molar-refractivity contribution < 1.29 is 4.79 Å². The van der Waals surface area contributed by atoms with Crippen LogP contribution in [0.25, 0.3) is 0 Å². The number of hydrogen-bond acceptors (Lipinski definition) is 5. The number of nitrogens with one attached hydrogen (secondary N) is 1. The molecular formula is C23H33N5O3. The number of rotatable bonds is 7. The zero-order valence-electron chi connectivity index (χ0n) is 18.9. The van der Waals surface area contributed by atoms with E-state index in [1.54, 1.807) is 0 Å². The molecule has 1 aromatic carbocycles. The van der Waals surface area contributed by atoms with E-state index in [4.69, 9.17) is 5.73 Å². The Kier molecular flexibility index (Phi) is 6.87. The van der Waals surface area contributed by atoms with Gasteiger partial charge in [0, 0.05) is 25.3 Å². The van der Waals surface area contributed by atoms with Crippen molar-refractivity contribution in [3.63, 3.8) is 0 Å². The van der Waals surface area contributed by atoms with Crippen molar-refractivity contribution in [3.8, 4) is 0 Å². The Labute approximate surface area is 182 Å². The molecule has 2 heterocycles. The van der Waals surface area contributed by atoms with Crippen molar-refractivity contribution in [2.45, 2.75) is 47.1 Å². The molecular weight excluding hydrogens is 394 g/mol. The van der Waals surface area contributed by atoms with Gasteiger partial charge in [-0.1, -0.05) is 45.9 Å². The Balaban J connectivity index is 1.99. The molecule has 1 amide bonds. The number of carbonyl (C=O) groups excluding carboxylic acids is 1. The van der Waals surface area contributed by atoms with Crippen LogP contribution in [0.2, 0.25) is 0 Å². The summed E-state index contributed by atoms with van der Waals surface area (Å²) in [6, 6.07) is 8.09. The number of aryl methyl sites for hydroxylation is 1. The number of fused-ring (bicyclic) bond motifs is 1. The number of nitrogens with zero attached hydrogens (tertiary/aromatic N) is 3. The van der Waals surface area contributed by atoms with Crippen LogP contribution >= 0.6 is 0 Å². The van der Waals surface area contributed by atoms with Crippen LogP contribution in [0.5, 0.6) is 0 Å². The van der Waals surface area contributed by atoms with Crippen LogP contribution in [0.3, 0.4) is 0 Å². The molecule has 3 rings (SSSR count). The molecule has 1 aromatic heterocycles. The molecule has 3 N–H and O–H groups in total. The van der Waals surface area contributed by atoms with Gasteiger partial charge in [0.1, 0.15) is 5.82 Å². The van der Waals surface area contributed by atoms with Crippen LogP contribution in [0, 0.1) is 11.8 Å². The smallest absolute Gasteiger partial charge is 0.330 e. The first-order valence-corrected chi connectivity index (χ1v) is 10.9. The molecule has 1 aliphatic heterocycles. The van der Waals surface area contributed by atoms with Gasteiger partial charge in [0.2, 0.25) is 5.91 Å². The summed E-state index contributed by atoms with van der Waals surface area (Å²) >= 11 is 0. The van der Waals surface area contributed by atoms with E-state index >= 15 is 0 Å².